The number of alkyl carbamates (subject to hydrolysis) is 1. The highest BCUT2D eigenvalue weighted by Crippen LogP contribution is 2.17. The van der Waals surface area contributed by atoms with E-state index in [0.29, 0.717) is 5.56 Å². The fourth-order valence-electron chi connectivity index (χ4n) is 1.32. The zero-order valence-corrected chi connectivity index (χ0v) is 10.1. The Morgan fingerprint density at radius 2 is 1.78 bits per heavy atom. The third kappa shape index (κ3) is 3.97. The van der Waals surface area contributed by atoms with Gasteiger partial charge in [-0.1, -0.05) is 12.1 Å². The molecule has 1 amide bonds. The van der Waals surface area contributed by atoms with E-state index in [1.54, 1.807) is 13.8 Å². The summed E-state index contributed by atoms with van der Waals surface area (Å²) < 4.78 is 4.81. The molecule has 0 bridgehead atoms. The number of carboxylic acid groups (broad SMARTS) is 1. The van der Waals surface area contributed by atoms with E-state index in [1.807, 2.05) is 0 Å². The van der Waals surface area contributed by atoms with E-state index in [0.717, 1.165) is 0 Å². The van der Waals surface area contributed by atoms with Gasteiger partial charge < -0.3 is 20.3 Å². The molecule has 0 aliphatic heterocycles. The number of aromatic hydroxyl groups is 1. The van der Waals surface area contributed by atoms with E-state index < -0.39 is 18.1 Å². The van der Waals surface area contributed by atoms with E-state index in [9.17, 15) is 9.59 Å². The van der Waals surface area contributed by atoms with Crippen molar-refractivity contribution in [2.75, 3.05) is 0 Å². The zero-order valence-electron chi connectivity index (χ0n) is 10.1. The van der Waals surface area contributed by atoms with Crippen LogP contribution in [0.5, 0.6) is 5.75 Å². The van der Waals surface area contributed by atoms with Crippen molar-refractivity contribution in [3.63, 3.8) is 0 Å². The fraction of sp³-hybridized carbons (Fsp3) is 0.333. The molecule has 1 aromatic rings. The van der Waals surface area contributed by atoms with Crippen molar-refractivity contribution in [1.29, 1.82) is 0 Å². The van der Waals surface area contributed by atoms with Gasteiger partial charge in [0, 0.05) is 0 Å². The van der Waals surface area contributed by atoms with Crippen molar-refractivity contribution in [3.8, 4) is 5.75 Å². The maximum Gasteiger partial charge on any atom is 0.408 e. The Morgan fingerprint density at radius 1 is 1.22 bits per heavy atom. The first-order valence-electron chi connectivity index (χ1n) is 5.39. The number of carboxylic acids is 1. The molecular weight excluding hydrogens is 238 g/mol. The van der Waals surface area contributed by atoms with Crippen LogP contribution in [-0.2, 0) is 9.53 Å². The molecule has 1 atom stereocenters. The number of rotatable bonds is 4. The average molecular weight is 253 g/mol. The van der Waals surface area contributed by atoms with Gasteiger partial charge in [-0.2, -0.15) is 0 Å². The first-order valence-corrected chi connectivity index (χ1v) is 5.39. The van der Waals surface area contributed by atoms with Gasteiger partial charge in [-0.3, -0.25) is 0 Å². The fourth-order valence-corrected chi connectivity index (χ4v) is 1.32. The Kier molecular flexibility index (Phi) is 4.53. The van der Waals surface area contributed by atoms with Crippen LogP contribution >= 0.6 is 0 Å². The van der Waals surface area contributed by atoms with Gasteiger partial charge in [-0.15, -0.1) is 0 Å². The monoisotopic (exact) mass is 253 g/mol. The van der Waals surface area contributed by atoms with Gasteiger partial charge in [-0.25, -0.2) is 9.59 Å². The third-order valence-corrected chi connectivity index (χ3v) is 2.08. The van der Waals surface area contributed by atoms with Gasteiger partial charge >= 0.3 is 12.1 Å². The number of benzene rings is 1. The molecular formula is C12H15NO5. The van der Waals surface area contributed by atoms with Gasteiger partial charge in [0.1, 0.15) is 5.75 Å². The highest BCUT2D eigenvalue weighted by Gasteiger charge is 2.23. The molecule has 0 fully saturated rings. The Balaban J connectivity index is 2.80. The lowest BCUT2D eigenvalue weighted by Crippen LogP contribution is -2.35. The molecule has 0 heterocycles. The molecule has 3 N–H and O–H groups in total. The quantitative estimate of drug-likeness (QED) is 0.758. The molecule has 98 valence electrons. The van der Waals surface area contributed by atoms with Crippen molar-refractivity contribution < 1.29 is 24.5 Å². The van der Waals surface area contributed by atoms with E-state index in [4.69, 9.17) is 14.9 Å². The number of phenols is 1. The lowest BCUT2D eigenvalue weighted by Gasteiger charge is -2.16. The predicted octanol–water partition coefficient (Wildman–Crippen LogP) is 1.65. The summed E-state index contributed by atoms with van der Waals surface area (Å²) in [5, 5.41) is 20.4. The van der Waals surface area contributed by atoms with Crippen LogP contribution in [0.1, 0.15) is 25.5 Å². The Morgan fingerprint density at radius 3 is 2.22 bits per heavy atom. The van der Waals surface area contributed by atoms with Gasteiger partial charge in [0.2, 0.25) is 0 Å². The molecule has 0 saturated carbocycles. The number of phenolic OH excluding ortho intramolecular Hbond substituents is 1. The minimum Gasteiger partial charge on any atom is -0.508 e. The zero-order chi connectivity index (χ0) is 13.7. The molecule has 0 radical (unpaired) electrons. The SMILES string of the molecule is CC(C)OC(=O)N[C@@H](C(=O)O)c1ccc(O)cc1. The molecule has 0 aliphatic rings. The van der Waals surface area contributed by atoms with Crippen LogP contribution in [-0.4, -0.2) is 28.4 Å². The maximum atomic E-state index is 11.4. The van der Waals surface area contributed by atoms with Crippen LogP contribution < -0.4 is 5.32 Å². The highest BCUT2D eigenvalue weighted by atomic mass is 16.6. The lowest BCUT2D eigenvalue weighted by atomic mass is 10.1. The van der Waals surface area contributed by atoms with Crippen LogP contribution in [0.3, 0.4) is 0 Å². The second kappa shape index (κ2) is 5.90. The van der Waals surface area contributed by atoms with E-state index >= 15 is 0 Å². The normalized spacial score (nSPS) is 11.9. The Hall–Kier alpha value is -2.24. The molecule has 0 unspecified atom stereocenters. The largest absolute Gasteiger partial charge is 0.508 e. The van der Waals surface area contributed by atoms with Crippen molar-refractivity contribution in [2.45, 2.75) is 26.0 Å². The molecule has 1 rings (SSSR count). The van der Waals surface area contributed by atoms with E-state index in [-0.39, 0.29) is 11.9 Å². The molecule has 0 aromatic heterocycles. The number of hydrogen-bond donors (Lipinski definition) is 3. The summed E-state index contributed by atoms with van der Waals surface area (Å²) in [6.07, 6.45) is -1.13. The van der Waals surface area contributed by atoms with Gasteiger partial charge in [0.25, 0.3) is 0 Å². The smallest absolute Gasteiger partial charge is 0.408 e. The average Bonchev–Trinajstić information content (AvgIpc) is 2.26. The number of carbonyl (C=O) groups excluding carboxylic acids is 1. The molecule has 18 heavy (non-hydrogen) atoms. The number of aliphatic carboxylic acids is 1. The minimum absolute atomic E-state index is 0.0210. The summed E-state index contributed by atoms with van der Waals surface area (Å²) >= 11 is 0. The molecule has 6 nitrogen and oxygen atoms in total. The number of ether oxygens (including phenoxy) is 1. The van der Waals surface area contributed by atoms with E-state index in [2.05, 4.69) is 5.32 Å². The molecule has 0 spiro atoms. The third-order valence-electron chi connectivity index (χ3n) is 2.08. The lowest BCUT2D eigenvalue weighted by molar-refractivity contribution is -0.139. The van der Waals surface area contributed by atoms with Crippen LogP contribution in [0.25, 0.3) is 0 Å². The van der Waals surface area contributed by atoms with Crippen LogP contribution in [0, 0.1) is 0 Å². The predicted molar refractivity (Wildman–Crippen MR) is 63.2 cm³/mol. The topological polar surface area (TPSA) is 95.9 Å². The second-order valence-corrected chi connectivity index (χ2v) is 3.96. The first-order chi connectivity index (χ1) is 8.40. The standard InChI is InChI=1S/C12H15NO5/c1-7(2)18-12(17)13-10(11(15)16)8-3-5-9(14)6-4-8/h3-7,10,14H,1-2H3,(H,13,17)(H,15,16)/t10-/m1/s1. The van der Waals surface area contributed by atoms with Crippen LogP contribution in [0.4, 0.5) is 4.79 Å². The first kappa shape index (κ1) is 13.8. The summed E-state index contributed by atoms with van der Waals surface area (Å²) in [4.78, 5) is 22.4. The Labute approximate surface area is 104 Å². The number of nitrogens with one attached hydrogen (secondary N) is 1. The number of amides is 1. The van der Waals surface area contributed by atoms with Gasteiger partial charge in [0.15, 0.2) is 6.04 Å². The number of carbonyl (C=O) groups is 2. The van der Waals surface area contributed by atoms with Gasteiger partial charge in [-0.05, 0) is 31.5 Å². The van der Waals surface area contributed by atoms with Crippen molar-refractivity contribution >= 4 is 12.1 Å². The summed E-state index contributed by atoms with van der Waals surface area (Å²) in [5.41, 5.74) is 0.348. The van der Waals surface area contributed by atoms with Crippen molar-refractivity contribution in [3.05, 3.63) is 29.8 Å². The molecule has 1 aromatic carbocycles. The number of hydrogen-bond acceptors (Lipinski definition) is 4. The maximum absolute atomic E-state index is 11.4. The summed E-state index contributed by atoms with van der Waals surface area (Å²) in [5.74, 6) is -1.19. The van der Waals surface area contributed by atoms with Crippen molar-refractivity contribution in [1.82, 2.24) is 5.32 Å². The molecule has 6 heteroatoms. The second-order valence-electron chi connectivity index (χ2n) is 3.96. The Bertz CT molecular complexity index is 427. The van der Waals surface area contributed by atoms with E-state index in [1.165, 1.54) is 24.3 Å². The molecule has 0 aliphatic carbocycles. The van der Waals surface area contributed by atoms with Crippen LogP contribution in [0.2, 0.25) is 0 Å². The highest BCUT2D eigenvalue weighted by molar-refractivity contribution is 5.81. The molecule has 0 saturated heterocycles. The summed E-state index contributed by atoms with van der Waals surface area (Å²) in [7, 11) is 0. The van der Waals surface area contributed by atoms with Gasteiger partial charge in [0.05, 0.1) is 6.10 Å². The summed E-state index contributed by atoms with van der Waals surface area (Å²) in [6.45, 7) is 3.33. The minimum atomic E-state index is -1.21. The summed E-state index contributed by atoms with van der Waals surface area (Å²) in [6, 6.07) is 4.33. The van der Waals surface area contributed by atoms with Crippen molar-refractivity contribution in [2.24, 2.45) is 0 Å². The van der Waals surface area contributed by atoms with Crippen LogP contribution in [0.15, 0.2) is 24.3 Å².